The van der Waals surface area contributed by atoms with Crippen molar-refractivity contribution in [2.75, 3.05) is 19.0 Å². The molecule has 0 aliphatic rings. The number of aryl methyl sites for hydroxylation is 1. The molecule has 0 fully saturated rings. The van der Waals surface area contributed by atoms with Crippen LogP contribution < -0.4 is 31.4 Å². The average Bonchev–Trinajstić information content (AvgIpc) is 3.59. The first-order chi connectivity index (χ1) is 26.3. The number of carbonyl (C=O) groups excluding carboxylic acids is 2. The van der Waals surface area contributed by atoms with Gasteiger partial charge in [-0.3, -0.25) is 19.9 Å². The Labute approximate surface area is 322 Å². The van der Waals surface area contributed by atoms with Crippen LogP contribution in [0, 0.1) is 20.8 Å². The summed E-state index contributed by atoms with van der Waals surface area (Å²) in [6, 6.07) is 20.1. The third-order valence-corrected chi connectivity index (χ3v) is 11.5. The van der Waals surface area contributed by atoms with Crippen LogP contribution in [0.2, 0.25) is 0 Å². The molecule has 0 aliphatic heterocycles. The van der Waals surface area contributed by atoms with E-state index >= 15 is 0 Å². The van der Waals surface area contributed by atoms with Crippen LogP contribution in [-0.4, -0.2) is 60.7 Å². The number of hydrogen-bond donors (Lipinski definition) is 5. The van der Waals surface area contributed by atoms with E-state index < -0.39 is 46.3 Å². The number of sulfonamides is 1. The van der Waals surface area contributed by atoms with Gasteiger partial charge in [0, 0.05) is 12.7 Å². The number of carbonyl (C=O) groups is 2. The standard InChI is InChI=1S/C38H43N7O8S2/c1-23-20-30(52-4)24(2)25(3)34(23)55(50,51)44-37(39)40-18-10-15-28(33(47)35-42-27-14-8-9-17-31(27)54-35)41-32(46)21-45-19-11-16-29(36(45)48)43-38(49)53-22-26-12-6-5-7-13-26/h5-9,11-14,16-17,19-20,28,33,47H,10,15,18,21-22H2,1-4H3,(H,41,46)(H,43,49)(H3,39,40,44). The number of thiazole rings is 1. The van der Waals surface area contributed by atoms with Crippen LogP contribution in [0.1, 0.15) is 46.2 Å². The fourth-order valence-corrected chi connectivity index (χ4v) is 8.41. The Morgan fingerprint density at radius 1 is 1.04 bits per heavy atom. The second-order valence-electron chi connectivity index (χ2n) is 12.7. The van der Waals surface area contributed by atoms with Gasteiger partial charge in [0.25, 0.3) is 15.6 Å². The molecule has 2 atom stereocenters. The van der Waals surface area contributed by atoms with Crippen LogP contribution in [0.15, 0.2) is 93.7 Å². The lowest BCUT2D eigenvalue weighted by Gasteiger charge is -2.23. The number of nitrogens with one attached hydrogen (secondary N) is 3. The first kappa shape index (κ1) is 40.4. The Morgan fingerprint density at radius 2 is 1.76 bits per heavy atom. The van der Waals surface area contributed by atoms with E-state index in [2.05, 4.69) is 25.3 Å². The molecule has 5 rings (SSSR count). The summed E-state index contributed by atoms with van der Waals surface area (Å²) in [6.45, 7) is 4.75. The average molecular weight is 790 g/mol. The zero-order valence-corrected chi connectivity index (χ0v) is 32.4. The van der Waals surface area contributed by atoms with Gasteiger partial charge in [-0.05, 0) is 86.2 Å². The Kier molecular flexibility index (Phi) is 13.2. The molecule has 0 bridgehead atoms. The minimum atomic E-state index is -4.08. The Balaban J connectivity index is 1.25. The van der Waals surface area contributed by atoms with E-state index in [1.54, 1.807) is 39.0 Å². The molecule has 3 aromatic carbocycles. The molecule has 55 heavy (non-hydrogen) atoms. The highest BCUT2D eigenvalue weighted by Crippen LogP contribution is 2.31. The smallest absolute Gasteiger partial charge is 0.412 e. The molecular formula is C38H43N7O8S2. The van der Waals surface area contributed by atoms with Gasteiger partial charge in [0.15, 0.2) is 0 Å². The van der Waals surface area contributed by atoms with E-state index in [4.69, 9.17) is 15.2 Å². The summed E-state index contributed by atoms with van der Waals surface area (Å²) in [6.07, 6.45) is -0.198. The molecule has 5 aromatic rings. The van der Waals surface area contributed by atoms with Crippen molar-refractivity contribution in [3.63, 3.8) is 0 Å². The number of nitrogens with zero attached hydrogens (tertiary/aromatic N) is 3. The van der Waals surface area contributed by atoms with Crippen molar-refractivity contribution >= 4 is 55.2 Å². The van der Waals surface area contributed by atoms with Gasteiger partial charge in [-0.2, -0.15) is 0 Å². The maximum absolute atomic E-state index is 13.4. The van der Waals surface area contributed by atoms with E-state index in [-0.39, 0.29) is 42.5 Å². The van der Waals surface area contributed by atoms with Crippen LogP contribution >= 0.6 is 11.3 Å². The van der Waals surface area contributed by atoms with Crippen molar-refractivity contribution in [3.8, 4) is 5.75 Å². The van der Waals surface area contributed by atoms with Crippen molar-refractivity contribution in [1.29, 1.82) is 0 Å². The van der Waals surface area contributed by atoms with Gasteiger partial charge in [-0.25, -0.2) is 22.9 Å². The van der Waals surface area contributed by atoms with Gasteiger partial charge in [0.1, 0.15) is 35.7 Å². The minimum Gasteiger partial charge on any atom is -0.496 e. The molecule has 15 nitrogen and oxygen atoms in total. The number of ether oxygens (including phenoxy) is 2. The second-order valence-corrected chi connectivity index (χ2v) is 15.4. The van der Waals surface area contributed by atoms with Crippen molar-refractivity contribution < 1.29 is 32.6 Å². The highest BCUT2D eigenvalue weighted by atomic mass is 32.2. The van der Waals surface area contributed by atoms with Crippen LogP contribution in [0.25, 0.3) is 10.2 Å². The summed E-state index contributed by atoms with van der Waals surface area (Å²) in [5, 5.41) is 17.1. The number of aromatic nitrogens is 2. The summed E-state index contributed by atoms with van der Waals surface area (Å²) >= 11 is 1.28. The number of fused-ring (bicyclic) bond motifs is 1. The lowest BCUT2D eigenvalue weighted by molar-refractivity contribution is -0.123. The van der Waals surface area contributed by atoms with Crippen molar-refractivity contribution in [1.82, 2.24) is 19.6 Å². The first-order valence-corrected chi connectivity index (χ1v) is 19.5. The fourth-order valence-electron chi connectivity index (χ4n) is 5.91. The summed E-state index contributed by atoms with van der Waals surface area (Å²) in [5.41, 5.74) is 8.42. The fraction of sp³-hybridized carbons (Fsp3) is 0.289. The molecule has 0 spiro atoms. The molecule has 290 valence electrons. The molecule has 2 amide bonds. The molecule has 6 N–H and O–H groups in total. The van der Waals surface area contributed by atoms with Gasteiger partial charge in [0.2, 0.25) is 11.9 Å². The first-order valence-electron chi connectivity index (χ1n) is 17.2. The Morgan fingerprint density at radius 3 is 2.49 bits per heavy atom. The lowest BCUT2D eigenvalue weighted by Crippen LogP contribution is -2.42. The topological polar surface area (TPSA) is 216 Å². The third kappa shape index (κ3) is 10.3. The van der Waals surface area contributed by atoms with Gasteiger partial charge >= 0.3 is 6.09 Å². The maximum atomic E-state index is 13.4. The number of pyridine rings is 1. The second kappa shape index (κ2) is 18.0. The largest absolute Gasteiger partial charge is 0.496 e. The highest BCUT2D eigenvalue weighted by molar-refractivity contribution is 7.90. The van der Waals surface area contributed by atoms with Crippen LogP contribution in [0.3, 0.4) is 0 Å². The third-order valence-electron chi connectivity index (χ3n) is 8.74. The lowest BCUT2D eigenvalue weighted by atomic mass is 10.1. The number of benzene rings is 3. The van der Waals surface area contributed by atoms with Gasteiger partial charge in [-0.15, -0.1) is 11.3 Å². The molecular weight excluding hydrogens is 747 g/mol. The predicted molar refractivity (Wildman–Crippen MR) is 211 cm³/mol. The maximum Gasteiger partial charge on any atom is 0.412 e. The molecule has 0 aliphatic carbocycles. The van der Waals surface area contributed by atoms with E-state index in [0.29, 0.717) is 33.0 Å². The molecule has 2 heterocycles. The van der Waals surface area contributed by atoms with Gasteiger partial charge < -0.3 is 30.2 Å². The molecule has 2 aromatic heterocycles. The number of guanidine groups is 1. The number of nitrogens with two attached hydrogens (primary N) is 1. The summed E-state index contributed by atoms with van der Waals surface area (Å²) in [5.74, 6) is -0.344. The zero-order chi connectivity index (χ0) is 39.7. The Bertz CT molecular complexity index is 2330. The number of amides is 2. The van der Waals surface area contributed by atoms with Crippen molar-refractivity contribution in [2.24, 2.45) is 10.7 Å². The van der Waals surface area contributed by atoms with Crippen LogP contribution in [-0.2, 0) is 32.7 Å². The number of aliphatic hydroxyl groups excluding tert-OH is 1. The van der Waals surface area contributed by atoms with Crippen LogP contribution in [0.4, 0.5) is 10.5 Å². The number of rotatable bonds is 15. The minimum absolute atomic E-state index is 0.00477. The van der Waals surface area contributed by atoms with Gasteiger partial charge in [0.05, 0.1) is 28.3 Å². The Hall–Kier alpha value is -5.78. The van der Waals surface area contributed by atoms with E-state index in [9.17, 15) is 27.9 Å². The summed E-state index contributed by atoms with van der Waals surface area (Å²) in [7, 11) is -2.57. The number of methoxy groups -OCH3 is 1. The normalized spacial score (nSPS) is 12.9. The van der Waals surface area contributed by atoms with Crippen molar-refractivity contribution in [2.45, 2.75) is 63.8 Å². The number of para-hydroxylation sites is 1. The molecule has 0 saturated heterocycles. The SMILES string of the molecule is COc1cc(C)c(S(=O)(=O)NC(N)=NCCCC(NC(=O)Cn2cccc(NC(=O)OCc3ccccc3)c2=O)C(O)c2nc3ccccc3s2)c(C)c1C. The number of aliphatic hydroxyl groups is 1. The van der Waals surface area contributed by atoms with E-state index in [1.165, 1.54) is 36.8 Å². The zero-order valence-electron chi connectivity index (χ0n) is 30.7. The van der Waals surface area contributed by atoms with E-state index in [0.717, 1.165) is 14.8 Å². The quantitative estimate of drug-likeness (QED) is 0.0571. The van der Waals surface area contributed by atoms with E-state index in [1.807, 2.05) is 42.5 Å². The number of anilines is 1. The van der Waals surface area contributed by atoms with Crippen LogP contribution in [0.5, 0.6) is 5.75 Å². The summed E-state index contributed by atoms with van der Waals surface area (Å²) in [4.78, 5) is 47.8. The molecule has 17 heteroatoms. The predicted octanol–water partition coefficient (Wildman–Crippen LogP) is 4.43. The number of hydrogen-bond acceptors (Lipinski definition) is 11. The molecule has 0 saturated carbocycles. The monoisotopic (exact) mass is 789 g/mol. The molecule has 0 radical (unpaired) electrons. The number of aliphatic imine (C=N–C) groups is 1. The van der Waals surface area contributed by atoms with Crippen molar-refractivity contribution in [3.05, 3.63) is 117 Å². The highest BCUT2D eigenvalue weighted by Gasteiger charge is 2.27. The molecule has 2 unspecified atom stereocenters. The van der Waals surface area contributed by atoms with Gasteiger partial charge in [-0.1, -0.05) is 42.5 Å². The summed E-state index contributed by atoms with van der Waals surface area (Å²) < 4.78 is 41.5.